The molecule has 1 aromatic heterocycles. The number of benzene rings is 2. The highest BCUT2D eigenvalue weighted by molar-refractivity contribution is 6.01. The first-order valence-electron chi connectivity index (χ1n) is 7.66. The van der Waals surface area contributed by atoms with Gasteiger partial charge in [-0.25, -0.2) is 9.78 Å². The molecular weight excluding hydrogens is 324 g/mol. The largest absolute Gasteiger partial charge is 0.539 e. The van der Waals surface area contributed by atoms with Crippen LogP contribution in [0, 0.1) is 0 Å². The third-order valence-corrected chi connectivity index (χ3v) is 3.89. The van der Waals surface area contributed by atoms with Crippen molar-refractivity contribution in [1.29, 1.82) is 0 Å². The van der Waals surface area contributed by atoms with E-state index in [1.54, 1.807) is 18.2 Å². The number of hydroxylamine groups is 2. The highest BCUT2D eigenvalue weighted by Crippen LogP contribution is 2.28. The molecule has 4 rings (SSSR count). The lowest BCUT2D eigenvalue weighted by atomic mass is 10.1. The summed E-state index contributed by atoms with van der Waals surface area (Å²) in [5.74, 6) is -0.889. The molecule has 3 aromatic rings. The summed E-state index contributed by atoms with van der Waals surface area (Å²) < 4.78 is 5.19. The first kappa shape index (κ1) is 15.1. The van der Waals surface area contributed by atoms with E-state index >= 15 is 0 Å². The van der Waals surface area contributed by atoms with Crippen molar-refractivity contribution in [1.82, 2.24) is 10.0 Å². The predicted octanol–water partition coefficient (Wildman–Crippen LogP) is 2.97. The fourth-order valence-corrected chi connectivity index (χ4v) is 2.70. The van der Waals surface area contributed by atoms with Crippen LogP contribution in [0.25, 0.3) is 21.8 Å². The summed E-state index contributed by atoms with van der Waals surface area (Å²) in [4.78, 5) is 44.2. The molecule has 25 heavy (non-hydrogen) atoms. The number of fused-ring (bicyclic) bond motifs is 2. The number of ether oxygens (including phenoxy) is 1. The van der Waals surface area contributed by atoms with E-state index in [1.807, 2.05) is 30.3 Å². The van der Waals surface area contributed by atoms with Crippen molar-refractivity contribution in [2.75, 3.05) is 0 Å². The number of hydrogen-bond donors (Lipinski definition) is 0. The molecule has 1 aliphatic rings. The Hall–Kier alpha value is -3.48. The van der Waals surface area contributed by atoms with E-state index in [4.69, 9.17) is 9.57 Å². The van der Waals surface area contributed by atoms with E-state index < -0.39 is 18.0 Å². The van der Waals surface area contributed by atoms with Gasteiger partial charge in [0.2, 0.25) is 0 Å². The van der Waals surface area contributed by atoms with Gasteiger partial charge < -0.3 is 4.74 Å². The number of rotatable bonds is 2. The lowest BCUT2D eigenvalue weighted by Gasteiger charge is -2.13. The second-order valence-electron chi connectivity index (χ2n) is 5.53. The van der Waals surface area contributed by atoms with Gasteiger partial charge in [-0.2, -0.15) is 0 Å². The van der Waals surface area contributed by atoms with Gasteiger partial charge in [0, 0.05) is 23.6 Å². The lowest BCUT2D eigenvalue weighted by molar-refractivity contribution is -0.174. The van der Waals surface area contributed by atoms with Crippen LogP contribution in [-0.4, -0.2) is 28.0 Å². The molecule has 0 unspecified atom stereocenters. The topological polar surface area (TPSA) is 85.8 Å². The molecule has 0 bridgehead atoms. The van der Waals surface area contributed by atoms with Crippen LogP contribution in [0.15, 0.2) is 48.5 Å². The number of nitrogens with zero attached hydrogens (tertiary/aromatic N) is 2. The van der Waals surface area contributed by atoms with Gasteiger partial charge >= 0.3 is 6.16 Å². The van der Waals surface area contributed by atoms with Gasteiger partial charge in [0.05, 0.1) is 11.0 Å². The van der Waals surface area contributed by atoms with E-state index in [2.05, 4.69) is 4.98 Å². The van der Waals surface area contributed by atoms with E-state index in [0.717, 1.165) is 10.9 Å². The van der Waals surface area contributed by atoms with Gasteiger partial charge in [-0.3, -0.25) is 14.4 Å². The molecule has 7 heteroatoms. The molecule has 2 amide bonds. The number of hydrogen-bond acceptors (Lipinski definition) is 6. The summed E-state index contributed by atoms with van der Waals surface area (Å²) in [6.07, 6.45) is -1.10. The molecule has 1 saturated heterocycles. The summed E-state index contributed by atoms with van der Waals surface area (Å²) in [6, 6.07) is 14.5. The molecule has 1 aliphatic heterocycles. The number of carbonyl (C=O) groups excluding carboxylic acids is 3. The molecule has 0 radical (unpaired) electrons. The second kappa shape index (κ2) is 5.86. The first-order valence-corrected chi connectivity index (χ1v) is 7.66. The third-order valence-electron chi connectivity index (χ3n) is 3.89. The van der Waals surface area contributed by atoms with Gasteiger partial charge in [-0.05, 0) is 24.3 Å². The van der Waals surface area contributed by atoms with Gasteiger partial charge in [0.15, 0.2) is 0 Å². The quantitative estimate of drug-likeness (QED) is 0.309. The Kier molecular flexibility index (Phi) is 3.53. The second-order valence-corrected chi connectivity index (χ2v) is 5.53. The molecule has 0 saturated carbocycles. The molecule has 7 nitrogen and oxygen atoms in total. The number of amides is 2. The predicted molar refractivity (Wildman–Crippen MR) is 87.4 cm³/mol. The molecule has 2 aromatic carbocycles. The summed E-state index contributed by atoms with van der Waals surface area (Å²) in [7, 11) is 0. The molecule has 0 atom stereocenters. The Morgan fingerprint density at radius 1 is 0.960 bits per heavy atom. The lowest BCUT2D eigenvalue weighted by Crippen LogP contribution is -2.33. The minimum absolute atomic E-state index is 0.0241. The van der Waals surface area contributed by atoms with Crippen LogP contribution in [0.3, 0.4) is 0 Å². The summed E-state index contributed by atoms with van der Waals surface area (Å²) in [5.41, 5.74) is 1.47. The maximum Gasteiger partial charge on any atom is 0.539 e. The summed E-state index contributed by atoms with van der Waals surface area (Å²) in [5, 5.41) is 1.96. The fraction of sp³-hybridized carbons (Fsp3) is 0.111. The van der Waals surface area contributed by atoms with Gasteiger partial charge in [0.1, 0.15) is 5.75 Å². The molecular formula is C18H12N2O5. The van der Waals surface area contributed by atoms with Gasteiger partial charge in [0.25, 0.3) is 11.8 Å². The number of carbonyl (C=O) groups is 3. The van der Waals surface area contributed by atoms with Crippen LogP contribution in [0.1, 0.15) is 12.8 Å². The highest BCUT2D eigenvalue weighted by atomic mass is 16.8. The van der Waals surface area contributed by atoms with Crippen molar-refractivity contribution in [3.05, 3.63) is 48.5 Å². The van der Waals surface area contributed by atoms with Crippen molar-refractivity contribution in [2.45, 2.75) is 12.8 Å². The first-order chi connectivity index (χ1) is 12.1. The number of para-hydroxylation sites is 1. The average Bonchev–Trinajstić information content (AvgIpc) is 2.92. The van der Waals surface area contributed by atoms with Crippen LogP contribution < -0.4 is 4.74 Å². The minimum atomic E-state index is -1.15. The van der Waals surface area contributed by atoms with Gasteiger partial charge in [-0.15, -0.1) is 0 Å². The van der Waals surface area contributed by atoms with Crippen LogP contribution in [-0.2, 0) is 14.4 Å². The zero-order valence-corrected chi connectivity index (χ0v) is 13.0. The molecule has 0 spiro atoms. The number of imide groups is 1. The van der Waals surface area contributed by atoms with Crippen molar-refractivity contribution in [3.8, 4) is 5.75 Å². The zero-order valence-electron chi connectivity index (χ0n) is 13.0. The maximum atomic E-state index is 12.0. The molecule has 0 N–H and O–H groups in total. The fourth-order valence-electron chi connectivity index (χ4n) is 2.70. The zero-order chi connectivity index (χ0) is 17.4. The van der Waals surface area contributed by atoms with Crippen molar-refractivity contribution in [3.63, 3.8) is 0 Å². The van der Waals surface area contributed by atoms with E-state index in [0.29, 0.717) is 16.0 Å². The van der Waals surface area contributed by atoms with Crippen molar-refractivity contribution >= 4 is 39.8 Å². The number of pyridine rings is 1. The Labute approximate surface area is 141 Å². The molecule has 0 aliphatic carbocycles. The summed E-state index contributed by atoms with van der Waals surface area (Å²) >= 11 is 0. The molecule has 1 fully saturated rings. The Morgan fingerprint density at radius 3 is 2.48 bits per heavy atom. The van der Waals surface area contributed by atoms with Crippen molar-refractivity contribution < 1.29 is 24.0 Å². The third kappa shape index (κ3) is 2.76. The summed E-state index contributed by atoms with van der Waals surface area (Å²) in [6.45, 7) is 0. The standard InChI is InChI=1S/C18H12N2O5/c21-16-8-9-17(22)20(16)25-18(23)24-15-7-3-6-14-12(15)10-11-4-1-2-5-13(11)19-14/h1-7,10H,8-9H2. The van der Waals surface area contributed by atoms with E-state index in [1.165, 1.54) is 0 Å². The van der Waals surface area contributed by atoms with E-state index in [-0.39, 0.29) is 18.6 Å². The molecule has 124 valence electrons. The SMILES string of the molecule is O=C(Oc1cccc2nc3ccccc3cc12)ON1C(=O)CCC1=O. The Morgan fingerprint density at radius 2 is 1.68 bits per heavy atom. The van der Waals surface area contributed by atoms with Crippen LogP contribution >= 0.6 is 0 Å². The monoisotopic (exact) mass is 336 g/mol. The highest BCUT2D eigenvalue weighted by Gasteiger charge is 2.33. The smallest absolute Gasteiger partial charge is 0.393 e. The molecule has 2 heterocycles. The average molecular weight is 336 g/mol. The maximum absolute atomic E-state index is 12.0. The Balaban J connectivity index is 1.64. The van der Waals surface area contributed by atoms with Crippen LogP contribution in [0.4, 0.5) is 4.79 Å². The van der Waals surface area contributed by atoms with Crippen molar-refractivity contribution in [2.24, 2.45) is 0 Å². The minimum Gasteiger partial charge on any atom is -0.393 e. The van der Waals surface area contributed by atoms with Crippen LogP contribution in [0.5, 0.6) is 5.75 Å². The normalized spacial score (nSPS) is 14.3. The van der Waals surface area contributed by atoms with Gasteiger partial charge in [-0.1, -0.05) is 29.3 Å². The Bertz CT molecular complexity index is 1010. The van der Waals surface area contributed by atoms with E-state index in [9.17, 15) is 14.4 Å². The van der Waals surface area contributed by atoms with Crippen LogP contribution in [0.2, 0.25) is 0 Å². The number of aromatic nitrogens is 1.